The molecule has 0 fully saturated rings. The third-order valence-electron chi connectivity index (χ3n) is 1.59. The van der Waals surface area contributed by atoms with Crippen molar-refractivity contribution in [2.45, 2.75) is 6.42 Å². The molecular weight excluding hydrogens is 150 g/mol. The third-order valence-corrected chi connectivity index (χ3v) is 1.59. The summed E-state index contributed by atoms with van der Waals surface area (Å²) in [4.78, 5) is 0. The van der Waals surface area contributed by atoms with Crippen LogP contribution in [0.2, 0.25) is 0 Å². The van der Waals surface area contributed by atoms with Crippen molar-refractivity contribution < 1.29 is 4.74 Å². The van der Waals surface area contributed by atoms with Crippen LogP contribution in [0.5, 0.6) is 5.75 Å². The van der Waals surface area contributed by atoms with Gasteiger partial charge in [-0.3, -0.25) is 0 Å². The van der Waals surface area contributed by atoms with Gasteiger partial charge in [0.1, 0.15) is 5.75 Å². The largest absolute Gasteiger partial charge is 0.497 e. The van der Waals surface area contributed by atoms with Crippen molar-refractivity contribution in [3.63, 3.8) is 0 Å². The zero-order valence-electron chi connectivity index (χ0n) is 6.95. The van der Waals surface area contributed by atoms with Gasteiger partial charge in [-0.15, -0.1) is 0 Å². The molecule has 0 amide bonds. The van der Waals surface area contributed by atoms with E-state index in [2.05, 4.69) is 0 Å². The Balaban J connectivity index is 2.60. The first-order valence-electron chi connectivity index (χ1n) is 3.71. The van der Waals surface area contributed by atoms with Crippen molar-refractivity contribution in [2.24, 2.45) is 0 Å². The predicted octanol–water partition coefficient (Wildman–Crippen LogP) is 1.97. The van der Waals surface area contributed by atoms with Gasteiger partial charge in [-0.25, -0.2) is 0 Å². The summed E-state index contributed by atoms with van der Waals surface area (Å²) in [7, 11) is 1.64. The quantitative estimate of drug-likeness (QED) is 0.677. The van der Waals surface area contributed by atoms with Crippen LogP contribution in [0.4, 0.5) is 0 Å². The van der Waals surface area contributed by atoms with Gasteiger partial charge >= 0.3 is 0 Å². The molecule has 0 saturated carbocycles. The van der Waals surface area contributed by atoms with E-state index in [1.807, 2.05) is 30.3 Å². The fraction of sp³-hybridized carbons (Fsp3) is 0.200. The van der Waals surface area contributed by atoms with Gasteiger partial charge in [0.15, 0.2) is 0 Å². The van der Waals surface area contributed by atoms with Gasteiger partial charge in [0.2, 0.25) is 0 Å². The molecule has 0 aromatic heterocycles. The minimum absolute atomic E-state index is 0.695. The van der Waals surface area contributed by atoms with E-state index in [4.69, 9.17) is 10.00 Å². The number of benzene rings is 1. The van der Waals surface area contributed by atoms with E-state index < -0.39 is 0 Å². The molecule has 61 valence electrons. The molecule has 0 unspecified atom stereocenters. The number of methoxy groups -OCH3 is 1. The average molecular weight is 160 g/mol. The number of nitrogens with zero attached hydrogens (tertiary/aromatic N) is 1. The highest BCUT2D eigenvalue weighted by Crippen LogP contribution is 2.11. The zero-order valence-corrected chi connectivity index (χ0v) is 6.95. The van der Waals surface area contributed by atoms with Crippen LogP contribution < -0.4 is 4.74 Å². The summed E-state index contributed by atoms with van der Waals surface area (Å²) < 4.78 is 5.00. The van der Waals surface area contributed by atoms with E-state index in [-0.39, 0.29) is 0 Å². The lowest BCUT2D eigenvalue weighted by Gasteiger charge is -2.00. The second kappa shape index (κ2) is 4.40. The van der Waals surface area contributed by atoms with Crippen molar-refractivity contribution in [1.29, 1.82) is 5.26 Å². The summed E-state index contributed by atoms with van der Waals surface area (Å²) in [6.07, 6.45) is 2.27. The lowest BCUT2D eigenvalue weighted by Crippen LogP contribution is -1.85. The molecule has 0 spiro atoms. The Morgan fingerprint density at radius 2 is 2.08 bits per heavy atom. The van der Waals surface area contributed by atoms with Crippen molar-refractivity contribution in [3.05, 3.63) is 36.2 Å². The van der Waals surface area contributed by atoms with Crippen LogP contribution >= 0.6 is 0 Å². The van der Waals surface area contributed by atoms with Crippen LogP contribution in [0.25, 0.3) is 0 Å². The lowest BCUT2D eigenvalue weighted by molar-refractivity contribution is 0.414. The number of rotatable bonds is 3. The van der Waals surface area contributed by atoms with E-state index in [0.29, 0.717) is 6.42 Å². The van der Waals surface area contributed by atoms with Crippen LogP contribution in [0.15, 0.2) is 24.3 Å². The van der Waals surface area contributed by atoms with Gasteiger partial charge in [-0.05, 0) is 24.1 Å². The maximum absolute atomic E-state index is 8.30. The van der Waals surface area contributed by atoms with Gasteiger partial charge in [0.05, 0.1) is 19.6 Å². The van der Waals surface area contributed by atoms with E-state index in [0.717, 1.165) is 11.3 Å². The van der Waals surface area contributed by atoms with Crippen molar-refractivity contribution in [3.8, 4) is 11.8 Å². The molecule has 0 aliphatic carbocycles. The van der Waals surface area contributed by atoms with Gasteiger partial charge in [0, 0.05) is 0 Å². The molecule has 1 radical (unpaired) electrons. The van der Waals surface area contributed by atoms with Crippen LogP contribution in [0, 0.1) is 17.8 Å². The fourth-order valence-corrected chi connectivity index (χ4v) is 0.925. The van der Waals surface area contributed by atoms with Crippen molar-refractivity contribution in [1.82, 2.24) is 0 Å². The average Bonchev–Trinajstić information content (AvgIpc) is 2.15. The third kappa shape index (κ3) is 2.28. The highest BCUT2D eigenvalue weighted by molar-refractivity contribution is 5.28. The van der Waals surface area contributed by atoms with Gasteiger partial charge in [0.25, 0.3) is 0 Å². The standard InChI is InChI=1S/C10H10NO/c1-12-10-6-4-9(5-7-10)3-2-8-11/h2,4-7H,3H2,1H3. The first kappa shape index (κ1) is 8.61. The normalized spacial score (nSPS) is 9.00. The summed E-state index contributed by atoms with van der Waals surface area (Å²) in [6, 6.07) is 9.67. The topological polar surface area (TPSA) is 33.0 Å². The second-order valence-corrected chi connectivity index (χ2v) is 2.39. The molecule has 1 aromatic carbocycles. The molecule has 0 bridgehead atoms. The molecule has 0 heterocycles. The molecule has 1 rings (SSSR count). The van der Waals surface area contributed by atoms with Crippen LogP contribution in [-0.4, -0.2) is 7.11 Å². The smallest absolute Gasteiger partial charge is 0.118 e. The monoisotopic (exact) mass is 160 g/mol. The van der Waals surface area contributed by atoms with E-state index >= 15 is 0 Å². The van der Waals surface area contributed by atoms with Gasteiger partial charge in [-0.2, -0.15) is 5.26 Å². The van der Waals surface area contributed by atoms with Crippen molar-refractivity contribution in [2.75, 3.05) is 7.11 Å². The van der Waals surface area contributed by atoms with Crippen LogP contribution in [0.1, 0.15) is 5.56 Å². The molecule has 0 aliphatic heterocycles. The highest BCUT2D eigenvalue weighted by atomic mass is 16.5. The summed E-state index contributed by atoms with van der Waals surface area (Å²) >= 11 is 0. The molecular formula is C10H10NO. The first-order valence-corrected chi connectivity index (χ1v) is 3.71. The maximum Gasteiger partial charge on any atom is 0.118 e. The Morgan fingerprint density at radius 1 is 1.42 bits per heavy atom. The second-order valence-electron chi connectivity index (χ2n) is 2.39. The lowest BCUT2D eigenvalue weighted by atomic mass is 10.1. The highest BCUT2D eigenvalue weighted by Gasteiger charge is 1.93. The minimum Gasteiger partial charge on any atom is -0.497 e. The maximum atomic E-state index is 8.30. The SMILES string of the molecule is COc1ccc(C[CH]C#N)cc1. The predicted molar refractivity (Wildman–Crippen MR) is 46.6 cm³/mol. The minimum atomic E-state index is 0.695. The fourth-order valence-electron chi connectivity index (χ4n) is 0.925. The molecule has 0 atom stereocenters. The first-order chi connectivity index (χ1) is 5.86. The van der Waals surface area contributed by atoms with Crippen LogP contribution in [0.3, 0.4) is 0 Å². The number of hydrogen-bond donors (Lipinski definition) is 0. The van der Waals surface area contributed by atoms with E-state index in [1.165, 1.54) is 0 Å². The molecule has 0 aliphatic rings. The summed E-state index contributed by atoms with van der Waals surface area (Å²) in [5.41, 5.74) is 1.12. The van der Waals surface area contributed by atoms with E-state index in [9.17, 15) is 0 Å². The molecule has 0 saturated heterocycles. The Hall–Kier alpha value is -1.49. The van der Waals surface area contributed by atoms with Gasteiger partial charge < -0.3 is 4.74 Å². The molecule has 1 aromatic rings. The molecule has 2 heteroatoms. The Bertz CT molecular complexity index is 271. The van der Waals surface area contributed by atoms with Crippen molar-refractivity contribution >= 4 is 0 Å². The number of ether oxygens (including phenoxy) is 1. The van der Waals surface area contributed by atoms with Crippen LogP contribution in [-0.2, 0) is 6.42 Å². The number of nitriles is 1. The Morgan fingerprint density at radius 3 is 2.58 bits per heavy atom. The Kier molecular flexibility index (Phi) is 3.16. The van der Waals surface area contributed by atoms with Gasteiger partial charge in [-0.1, -0.05) is 12.1 Å². The molecule has 12 heavy (non-hydrogen) atoms. The zero-order chi connectivity index (χ0) is 8.81. The molecule has 2 nitrogen and oxygen atoms in total. The summed E-state index contributed by atoms with van der Waals surface area (Å²) in [5, 5.41) is 8.30. The number of hydrogen-bond acceptors (Lipinski definition) is 2. The van der Waals surface area contributed by atoms with E-state index in [1.54, 1.807) is 13.5 Å². The summed E-state index contributed by atoms with van der Waals surface area (Å²) in [5.74, 6) is 0.843. The Labute approximate surface area is 72.4 Å². The summed E-state index contributed by atoms with van der Waals surface area (Å²) in [6.45, 7) is 0. The molecule has 0 N–H and O–H groups in total.